The molecule has 0 fully saturated rings. The minimum Gasteiger partial charge on any atom is -0.481 e. The van der Waals surface area contributed by atoms with Crippen molar-refractivity contribution in [3.63, 3.8) is 0 Å². The molecule has 0 aliphatic carbocycles. The van der Waals surface area contributed by atoms with E-state index in [0.29, 0.717) is 13.0 Å². The molecule has 0 saturated heterocycles. The molecule has 1 heterocycles. The van der Waals surface area contributed by atoms with E-state index in [4.69, 9.17) is 5.11 Å². The molecule has 96 valence electrons. The smallest absolute Gasteiger partial charge is 0.309 e. The molecule has 17 heavy (non-hydrogen) atoms. The Bertz CT molecular complexity index is 401. The zero-order chi connectivity index (χ0) is 13.1. The van der Waals surface area contributed by atoms with Crippen LogP contribution in [0.5, 0.6) is 0 Å². The predicted molar refractivity (Wildman–Crippen MR) is 74.5 cm³/mol. The predicted octanol–water partition coefficient (Wildman–Crippen LogP) is 3.41. The van der Waals surface area contributed by atoms with Gasteiger partial charge in [0.05, 0.1) is 5.41 Å². The Labute approximate surface area is 114 Å². The summed E-state index contributed by atoms with van der Waals surface area (Å²) in [5, 5.41) is 12.3. The number of carbonyl (C=O) groups is 1. The monoisotopic (exact) mass is 319 g/mol. The van der Waals surface area contributed by atoms with Crippen molar-refractivity contribution in [2.75, 3.05) is 6.54 Å². The fourth-order valence-corrected chi connectivity index (χ4v) is 3.14. The van der Waals surface area contributed by atoms with Gasteiger partial charge in [0, 0.05) is 20.8 Å². The van der Waals surface area contributed by atoms with E-state index in [1.165, 1.54) is 9.75 Å². The van der Waals surface area contributed by atoms with Gasteiger partial charge in [-0.05, 0) is 55.7 Å². The molecule has 0 aliphatic heterocycles. The second kappa shape index (κ2) is 5.98. The Morgan fingerprint density at radius 2 is 2.24 bits per heavy atom. The van der Waals surface area contributed by atoms with Crippen molar-refractivity contribution in [3.05, 3.63) is 20.3 Å². The van der Waals surface area contributed by atoms with Gasteiger partial charge in [0.25, 0.3) is 0 Å². The van der Waals surface area contributed by atoms with Gasteiger partial charge in [-0.15, -0.1) is 11.3 Å². The van der Waals surface area contributed by atoms with E-state index in [1.54, 1.807) is 25.2 Å². The van der Waals surface area contributed by atoms with Gasteiger partial charge in [0.1, 0.15) is 0 Å². The Kier molecular flexibility index (Phi) is 5.16. The molecule has 0 aromatic carbocycles. The number of aryl methyl sites for hydroxylation is 1. The normalized spacial score (nSPS) is 11.8. The van der Waals surface area contributed by atoms with Gasteiger partial charge in [-0.1, -0.05) is 0 Å². The molecule has 0 radical (unpaired) electrons. The number of hydrogen-bond donors (Lipinski definition) is 2. The minimum absolute atomic E-state index is 0.629. The van der Waals surface area contributed by atoms with Gasteiger partial charge >= 0.3 is 5.97 Å². The highest BCUT2D eigenvalue weighted by Crippen LogP contribution is 2.26. The summed E-state index contributed by atoms with van der Waals surface area (Å²) >= 11 is 5.26. The molecule has 0 atom stereocenters. The van der Waals surface area contributed by atoms with Crippen molar-refractivity contribution in [2.24, 2.45) is 5.41 Å². The highest BCUT2D eigenvalue weighted by molar-refractivity contribution is 9.10. The summed E-state index contributed by atoms with van der Waals surface area (Å²) in [6.45, 7) is 7.08. The molecule has 0 unspecified atom stereocenters. The van der Waals surface area contributed by atoms with E-state index in [9.17, 15) is 4.79 Å². The van der Waals surface area contributed by atoms with E-state index in [0.717, 1.165) is 11.0 Å². The first-order valence-electron chi connectivity index (χ1n) is 5.52. The summed E-state index contributed by atoms with van der Waals surface area (Å²) in [5.41, 5.74) is -0.657. The van der Waals surface area contributed by atoms with Crippen LogP contribution in [0.4, 0.5) is 0 Å². The van der Waals surface area contributed by atoms with Crippen molar-refractivity contribution in [3.8, 4) is 0 Å². The SMILES string of the molecule is Cc1cc(Br)c(CNCCC(C)(C)C(=O)O)s1. The number of thiophene rings is 1. The summed E-state index contributed by atoms with van der Waals surface area (Å²) in [6.07, 6.45) is 0.629. The summed E-state index contributed by atoms with van der Waals surface area (Å²) in [5.74, 6) is -0.743. The average molecular weight is 320 g/mol. The molecule has 0 saturated carbocycles. The third-order valence-corrected chi connectivity index (χ3v) is 4.69. The molecule has 3 nitrogen and oxygen atoms in total. The number of hydrogen-bond acceptors (Lipinski definition) is 3. The first kappa shape index (κ1) is 14.7. The topological polar surface area (TPSA) is 49.3 Å². The lowest BCUT2D eigenvalue weighted by molar-refractivity contribution is -0.147. The number of rotatable bonds is 6. The summed E-state index contributed by atoms with van der Waals surface area (Å²) in [4.78, 5) is 13.4. The fraction of sp³-hybridized carbons (Fsp3) is 0.583. The third-order valence-electron chi connectivity index (χ3n) is 2.67. The Morgan fingerprint density at radius 1 is 1.59 bits per heavy atom. The number of carboxylic acid groups (broad SMARTS) is 1. The van der Waals surface area contributed by atoms with E-state index >= 15 is 0 Å². The van der Waals surface area contributed by atoms with Crippen molar-refractivity contribution < 1.29 is 9.90 Å². The lowest BCUT2D eigenvalue weighted by Crippen LogP contribution is -2.28. The maximum Gasteiger partial charge on any atom is 0.309 e. The van der Waals surface area contributed by atoms with E-state index in [1.807, 2.05) is 0 Å². The van der Waals surface area contributed by atoms with Crippen LogP contribution in [0.3, 0.4) is 0 Å². The number of halogens is 1. The Balaban J connectivity index is 2.34. The average Bonchev–Trinajstić information content (AvgIpc) is 2.52. The highest BCUT2D eigenvalue weighted by atomic mass is 79.9. The summed E-state index contributed by atoms with van der Waals surface area (Å²) in [6, 6.07) is 2.10. The Hall–Kier alpha value is -0.390. The first-order valence-corrected chi connectivity index (χ1v) is 7.13. The molecule has 0 spiro atoms. The van der Waals surface area contributed by atoms with Crippen LogP contribution >= 0.6 is 27.3 Å². The van der Waals surface area contributed by atoms with Gasteiger partial charge in [-0.25, -0.2) is 0 Å². The largest absolute Gasteiger partial charge is 0.481 e. The van der Waals surface area contributed by atoms with Gasteiger partial charge in [0.2, 0.25) is 0 Å². The number of aliphatic carboxylic acids is 1. The van der Waals surface area contributed by atoms with Crippen molar-refractivity contribution in [1.82, 2.24) is 5.32 Å². The minimum atomic E-state index is -0.743. The molecule has 1 aromatic rings. The van der Waals surface area contributed by atoms with Gasteiger partial charge in [-0.3, -0.25) is 4.79 Å². The van der Waals surface area contributed by atoms with Crippen LogP contribution in [0.15, 0.2) is 10.5 Å². The van der Waals surface area contributed by atoms with Gasteiger partial charge in [0.15, 0.2) is 0 Å². The van der Waals surface area contributed by atoms with Crippen molar-refractivity contribution in [1.29, 1.82) is 0 Å². The highest BCUT2D eigenvalue weighted by Gasteiger charge is 2.26. The molecule has 5 heteroatoms. The molecule has 0 bridgehead atoms. The quantitative estimate of drug-likeness (QED) is 0.790. The van der Waals surface area contributed by atoms with Crippen LogP contribution in [0, 0.1) is 12.3 Å². The molecule has 0 aliphatic rings. The van der Waals surface area contributed by atoms with Gasteiger partial charge < -0.3 is 10.4 Å². The molecule has 1 aromatic heterocycles. The Morgan fingerprint density at radius 3 is 2.71 bits per heavy atom. The van der Waals surface area contributed by atoms with Crippen molar-refractivity contribution >= 4 is 33.2 Å². The standard InChI is InChI=1S/C12H18BrNO2S/c1-8-6-9(13)10(17-8)7-14-5-4-12(2,3)11(15)16/h6,14H,4-5,7H2,1-3H3,(H,15,16). The maximum atomic E-state index is 10.9. The zero-order valence-corrected chi connectivity index (χ0v) is 12.7. The fourth-order valence-electron chi connectivity index (χ4n) is 1.36. The number of nitrogens with one attached hydrogen (secondary N) is 1. The molecule has 2 N–H and O–H groups in total. The summed E-state index contributed by atoms with van der Waals surface area (Å²) in [7, 11) is 0. The van der Waals surface area contributed by atoms with E-state index < -0.39 is 11.4 Å². The maximum absolute atomic E-state index is 10.9. The first-order chi connectivity index (χ1) is 7.83. The summed E-state index contributed by atoms with van der Waals surface area (Å²) < 4.78 is 1.13. The lowest BCUT2D eigenvalue weighted by Gasteiger charge is -2.18. The van der Waals surface area contributed by atoms with Crippen LogP contribution in [-0.2, 0) is 11.3 Å². The van der Waals surface area contributed by atoms with E-state index in [-0.39, 0.29) is 0 Å². The zero-order valence-electron chi connectivity index (χ0n) is 10.3. The van der Waals surface area contributed by atoms with Crippen LogP contribution in [0.1, 0.15) is 30.0 Å². The van der Waals surface area contributed by atoms with Crippen LogP contribution in [-0.4, -0.2) is 17.6 Å². The van der Waals surface area contributed by atoms with Crippen LogP contribution in [0.25, 0.3) is 0 Å². The molecular formula is C12H18BrNO2S. The van der Waals surface area contributed by atoms with Crippen LogP contribution < -0.4 is 5.32 Å². The van der Waals surface area contributed by atoms with Crippen LogP contribution in [0.2, 0.25) is 0 Å². The molecule has 0 amide bonds. The molecule has 1 rings (SSSR count). The number of carboxylic acids is 1. The third kappa shape index (κ3) is 4.41. The second-order valence-electron chi connectivity index (χ2n) is 4.74. The van der Waals surface area contributed by atoms with E-state index in [2.05, 4.69) is 34.2 Å². The van der Waals surface area contributed by atoms with Crippen molar-refractivity contribution in [2.45, 2.75) is 33.7 Å². The van der Waals surface area contributed by atoms with Gasteiger partial charge in [-0.2, -0.15) is 0 Å². The molecular weight excluding hydrogens is 302 g/mol. The second-order valence-corrected chi connectivity index (χ2v) is 6.94. The lowest BCUT2D eigenvalue weighted by atomic mass is 9.90.